The van der Waals surface area contributed by atoms with E-state index in [0.717, 1.165) is 43.8 Å². The Hall–Kier alpha value is -1.59. The van der Waals surface area contributed by atoms with E-state index in [1.807, 2.05) is 36.2 Å². The largest absolute Gasteiger partial charge is 0.492 e. The molecular weight excluding hydrogens is 266 g/mol. The highest BCUT2D eigenvalue weighted by molar-refractivity contribution is 5.94. The molecule has 0 saturated carbocycles. The summed E-state index contributed by atoms with van der Waals surface area (Å²) in [6, 6.07) is 7.31. The van der Waals surface area contributed by atoms with E-state index in [2.05, 4.69) is 5.32 Å². The van der Waals surface area contributed by atoms with Crippen molar-refractivity contribution in [1.29, 1.82) is 0 Å². The van der Waals surface area contributed by atoms with Gasteiger partial charge in [0.2, 0.25) is 0 Å². The Morgan fingerprint density at radius 3 is 2.57 bits per heavy atom. The number of hydrogen-bond donors (Lipinski definition) is 2. The van der Waals surface area contributed by atoms with Crippen molar-refractivity contribution >= 4 is 5.91 Å². The molecular formula is C16H25N3O2. The van der Waals surface area contributed by atoms with Crippen LogP contribution >= 0.6 is 0 Å². The lowest BCUT2D eigenvalue weighted by molar-refractivity contribution is 0.0691. The number of nitrogens with zero attached hydrogens (tertiary/aromatic N) is 1. The minimum absolute atomic E-state index is 0.114. The molecule has 1 aromatic rings. The van der Waals surface area contributed by atoms with Crippen LogP contribution in [-0.2, 0) is 0 Å². The zero-order valence-electron chi connectivity index (χ0n) is 12.7. The summed E-state index contributed by atoms with van der Waals surface area (Å²) < 4.78 is 5.42. The number of nitrogens with two attached hydrogens (primary N) is 1. The molecule has 1 aliphatic rings. The van der Waals surface area contributed by atoms with Gasteiger partial charge in [-0.05, 0) is 56.6 Å². The van der Waals surface area contributed by atoms with E-state index in [9.17, 15) is 4.79 Å². The van der Waals surface area contributed by atoms with Gasteiger partial charge in [-0.2, -0.15) is 0 Å². The van der Waals surface area contributed by atoms with E-state index in [-0.39, 0.29) is 5.91 Å². The van der Waals surface area contributed by atoms with Gasteiger partial charge in [0, 0.05) is 25.2 Å². The minimum atomic E-state index is 0.114. The highest BCUT2D eigenvalue weighted by Gasteiger charge is 2.23. The van der Waals surface area contributed by atoms with E-state index >= 15 is 0 Å². The van der Waals surface area contributed by atoms with E-state index in [0.29, 0.717) is 19.1 Å². The molecule has 0 aromatic heterocycles. The molecule has 0 aliphatic carbocycles. The molecule has 5 nitrogen and oxygen atoms in total. The lowest BCUT2D eigenvalue weighted by Crippen LogP contribution is -2.40. The van der Waals surface area contributed by atoms with Crippen molar-refractivity contribution in [2.24, 2.45) is 11.7 Å². The van der Waals surface area contributed by atoms with Crippen molar-refractivity contribution in [3.8, 4) is 5.75 Å². The van der Waals surface area contributed by atoms with Crippen molar-refractivity contribution in [3.05, 3.63) is 29.8 Å². The molecule has 0 unspecified atom stereocenters. The van der Waals surface area contributed by atoms with Gasteiger partial charge >= 0.3 is 0 Å². The van der Waals surface area contributed by atoms with Gasteiger partial charge in [0.1, 0.15) is 12.4 Å². The molecule has 1 fully saturated rings. The Labute approximate surface area is 126 Å². The second kappa shape index (κ2) is 8.00. The van der Waals surface area contributed by atoms with Crippen LogP contribution in [0, 0.1) is 5.92 Å². The monoisotopic (exact) mass is 291 g/mol. The maximum atomic E-state index is 12.4. The average molecular weight is 291 g/mol. The van der Waals surface area contributed by atoms with Crippen LogP contribution in [0.2, 0.25) is 0 Å². The second-order valence-electron chi connectivity index (χ2n) is 5.45. The summed E-state index contributed by atoms with van der Waals surface area (Å²) in [4.78, 5) is 14.4. The zero-order chi connectivity index (χ0) is 15.1. The van der Waals surface area contributed by atoms with Gasteiger partial charge < -0.3 is 20.7 Å². The van der Waals surface area contributed by atoms with Crippen LogP contribution in [0.15, 0.2) is 24.3 Å². The highest BCUT2D eigenvalue weighted by atomic mass is 16.5. The molecule has 1 aromatic carbocycles. The molecule has 21 heavy (non-hydrogen) atoms. The van der Waals surface area contributed by atoms with Gasteiger partial charge in [-0.3, -0.25) is 4.79 Å². The SMILES string of the molecule is CNCC1CCN(C(=O)c2ccc(OCCN)cc2)CC1. The summed E-state index contributed by atoms with van der Waals surface area (Å²) in [5.74, 6) is 1.55. The molecule has 0 atom stereocenters. The molecule has 1 amide bonds. The Morgan fingerprint density at radius 2 is 2.00 bits per heavy atom. The predicted octanol–water partition coefficient (Wildman–Crippen LogP) is 1.10. The van der Waals surface area contributed by atoms with E-state index in [1.165, 1.54) is 0 Å². The van der Waals surface area contributed by atoms with Crippen molar-refractivity contribution < 1.29 is 9.53 Å². The molecule has 0 bridgehead atoms. The van der Waals surface area contributed by atoms with E-state index < -0.39 is 0 Å². The number of amides is 1. The predicted molar refractivity (Wildman–Crippen MR) is 83.5 cm³/mol. The van der Waals surface area contributed by atoms with Gasteiger partial charge in [-0.15, -0.1) is 0 Å². The van der Waals surface area contributed by atoms with Crippen molar-refractivity contribution in [1.82, 2.24) is 10.2 Å². The summed E-state index contributed by atoms with van der Waals surface area (Å²) in [6.45, 7) is 3.71. The molecule has 0 radical (unpaired) electrons. The first kappa shape index (κ1) is 15.8. The lowest BCUT2D eigenvalue weighted by Gasteiger charge is -2.32. The van der Waals surface area contributed by atoms with Crippen LogP contribution in [0.4, 0.5) is 0 Å². The Balaban J connectivity index is 1.88. The summed E-state index contributed by atoms with van der Waals surface area (Å²) in [5, 5.41) is 3.21. The third-order valence-corrected chi connectivity index (χ3v) is 3.88. The zero-order valence-corrected chi connectivity index (χ0v) is 12.7. The first-order valence-corrected chi connectivity index (χ1v) is 7.61. The maximum absolute atomic E-state index is 12.4. The van der Waals surface area contributed by atoms with Crippen molar-refractivity contribution in [2.45, 2.75) is 12.8 Å². The first-order chi connectivity index (χ1) is 10.2. The smallest absolute Gasteiger partial charge is 0.253 e. The van der Waals surface area contributed by atoms with E-state index in [4.69, 9.17) is 10.5 Å². The molecule has 0 spiro atoms. The molecule has 1 saturated heterocycles. The van der Waals surface area contributed by atoms with Gasteiger partial charge in [-0.25, -0.2) is 0 Å². The minimum Gasteiger partial charge on any atom is -0.492 e. The summed E-state index contributed by atoms with van der Waals surface area (Å²) in [7, 11) is 1.98. The number of likely N-dealkylation sites (tertiary alicyclic amines) is 1. The standard InChI is InChI=1S/C16H25N3O2/c1-18-12-13-6-9-19(10-7-13)16(20)14-2-4-15(5-3-14)21-11-8-17/h2-5,13,18H,6-12,17H2,1H3. The Morgan fingerprint density at radius 1 is 1.33 bits per heavy atom. The van der Waals surface area contributed by atoms with Crippen LogP contribution < -0.4 is 15.8 Å². The molecule has 116 valence electrons. The summed E-state index contributed by atoms with van der Waals surface area (Å²) >= 11 is 0. The lowest BCUT2D eigenvalue weighted by atomic mass is 9.96. The molecule has 3 N–H and O–H groups in total. The van der Waals surface area contributed by atoms with Crippen LogP contribution in [0.5, 0.6) is 5.75 Å². The molecule has 2 rings (SSSR count). The van der Waals surface area contributed by atoms with Crippen LogP contribution in [-0.4, -0.2) is 50.6 Å². The van der Waals surface area contributed by atoms with Gasteiger partial charge in [0.05, 0.1) is 0 Å². The van der Waals surface area contributed by atoms with Crippen molar-refractivity contribution in [3.63, 3.8) is 0 Å². The topological polar surface area (TPSA) is 67.6 Å². The van der Waals surface area contributed by atoms with Crippen LogP contribution in [0.1, 0.15) is 23.2 Å². The Kier molecular flexibility index (Phi) is 6.02. The molecule has 5 heteroatoms. The number of carbonyl (C=O) groups excluding carboxylic acids is 1. The van der Waals surface area contributed by atoms with Gasteiger partial charge in [0.15, 0.2) is 0 Å². The summed E-state index contributed by atoms with van der Waals surface area (Å²) in [6.07, 6.45) is 2.15. The number of nitrogens with one attached hydrogen (secondary N) is 1. The van der Waals surface area contributed by atoms with Crippen LogP contribution in [0.3, 0.4) is 0 Å². The first-order valence-electron chi connectivity index (χ1n) is 7.61. The van der Waals surface area contributed by atoms with E-state index in [1.54, 1.807) is 0 Å². The fourth-order valence-corrected chi connectivity index (χ4v) is 2.68. The number of hydrogen-bond acceptors (Lipinski definition) is 4. The third-order valence-electron chi connectivity index (χ3n) is 3.88. The Bertz CT molecular complexity index is 439. The second-order valence-corrected chi connectivity index (χ2v) is 5.45. The number of rotatable bonds is 6. The van der Waals surface area contributed by atoms with Crippen molar-refractivity contribution in [2.75, 3.05) is 39.8 Å². The van der Waals surface area contributed by atoms with Gasteiger partial charge in [-0.1, -0.05) is 0 Å². The number of carbonyl (C=O) groups is 1. The maximum Gasteiger partial charge on any atom is 0.253 e. The number of piperidine rings is 1. The molecule has 1 aliphatic heterocycles. The number of ether oxygens (including phenoxy) is 1. The normalized spacial score (nSPS) is 16.0. The fourth-order valence-electron chi connectivity index (χ4n) is 2.68. The average Bonchev–Trinajstić information content (AvgIpc) is 2.54. The third kappa shape index (κ3) is 4.44. The van der Waals surface area contributed by atoms with Gasteiger partial charge in [0.25, 0.3) is 5.91 Å². The number of benzene rings is 1. The summed E-state index contributed by atoms with van der Waals surface area (Å²) in [5.41, 5.74) is 6.12. The van der Waals surface area contributed by atoms with Crippen LogP contribution in [0.25, 0.3) is 0 Å². The highest BCUT2D eigenvalue weighted by Crippen LogP contribution is 2.19. The quantitative estimate of drug-likeness (QED) is 0.823. The molecule has 1 heterocycles. The fraction of sp³-hybridized carbons (Fsp3) is 0.562.